The van der Waals surface area contributed by atoms with Crippen LogP contribution >= 0.6 is 24.8 Å². The van der Waals surface area contributed by atoms with Crippen LogP contribution in [0, 0.1) is 0 Å². The number of benzene rings is 1. The molecule has 2 aliphatic rings. The third kappa shape index (κ3) is 4.79. The van der Waals surface area contributed by atoms with Gasteiger partial charge < -0.3 is 15.8 Å². The second-order valence-corrected chi connectivity index (χ2v) is 6.73. The Kier molecular flexibility index (Phi) is 8.48. The highest BCUT2D eigenvalue weighted by atomic mass is 35.5. The zero-order valence-corrected chi connectivity index (χ0v) is 16.3. The lowest BCUT2D eigenvalue weighted by Gasteiger charge is -2.47. The van der Waals surface area contributed by atoms with E-state index in [1.165, 1.54) is 12.8 Å². The van der Waals surface area contributed by atoms with Crippen LogP contribution in [0.4, 0.5) is 5.69 Å². The van der Waals surface area contributed by atoms with E-state index in [9.17, 15) is 4.79 Å². The van der Waals surface area contributed by atoms with E-state index in [1.54, 1.807) is 12.1 Å². The number of amides is 1. The van der Waals surface area contributed by atoms with Crippen LogP contribution in [0.15, 0.2) is 24.3 Å². The van der Waals surface area contributed by atoms with E-state index in [0.717, 1.165) is 39.1 Å². The molecule has 0 aromatic heterocycles. The van der Waals surface area contributed by atoms with Crippen molar-refractivity contribution in [1.82, 2.24) is 10.2 Å². The summed E-state index contributed by atoms with van der Waals surface area (Å²) in [7, 11) is 0. The Morgan fingerprint density at radius 3 is 2.48 bits per heavy atom. The minimum atomic E-state index is -0.0377. The maximum Gasteiger partial charge on any atom is 0.251 e. The number of ether oxygens (including phenoxy) is 1. The number of rotatable bonds is 4. The van der Waals surface area contributed by atoms with Crippen molar-refractivity contribution in [2.75, 3.05) is 32.0 Å². The molecule has 7 heteroatoms. The van der Waals surface area contributed by atoms with Crippen LogP contribution in [-0.2, 0) is 4.74 Å². The summed E-state index contributed by atoms with van der Waals surface area (Å²) in [5.74, 6) is -0.0377. The van der Waals surface area contributed by atoms with Crippen molar-refractivity contribution in [2.24, 2.45) is 0 Å². The average Bonchev–Trinajstić information content (AvgIpc) is 3.06. The number of morpholine rings is 1. The standard InChI is InChI=1S/C18H27N3O2.2ClH/c1-14(20-17(22)15-5-4-6-16(19)13-15)18(7-2-3-8-18)21-9-11-23-12-10-21;;/h4-6,13-14H,2-3,7-12,19H2,1H3,(H,20,22);2*1H. The zero-order valence-electron chi connectivity index (χ0n) is 14.7. The van der Waals surface area contributed by atoms with Crippen molar-refractivity contribution >= 4 is 36.4 Å². The lowest BCUT2D eigenvalue weighted by Crippen LogP contribution is -2.62. The van der Waals surface area contributed by atoms with Gasteiger partial charge in [-0.1, -0.05) is 18.9 Å². The van der Waals surface area contributed by atoms with Crippen molar-refractivity contribution in [3.05, 3.63) is 29.8 Å². The third-order valence-corrected chi connectivity index (χ3v) is 5.41. The van der Waals surface area contributed by atoms with Crippen molar-refractivity contribution in [2.45, 2.75) is 44.2 Å². The summed E-state index contributed by atoms with van der Waals surface area (Å²) in [6.45, 7) is 5.64. The van der Waals surface area contributed by atoms with Crippen molar-refractivity contribution < 1.29 is 9.53 Å². The van der Waals surface area contributed by atoms with E-state index < -0.39 is 0 Å². The molecule has 0 spiro atoms. The van der Waals surface area contributed by atoms with Crippen molar-refractivity contribution in [1.29, 1.82) is 0 Å². The molecular weight excluding hydrogens is 361 g/mol. The highest BCUT2D eigenvalue weighted by Gasteiger charge is 2.44. The first-order valence-corrected chi connectivity index (χ1v) is 8.61. The van der Waals surface area contributed by atoms with Crippen LogP contribution in [0.2, 0.25) is 0 Å². The van der Waals surface area contributed by atoms with E-state index >= 15 is 0 Å². The second-order valence-electron chi connectivity index (χ2n) is 6.73. The number of hydrogen-bond donors (Lipinski definition) is 2. The number of nitrogens with zero attached hydrogens (tertiary/aromatic N) is 1. The Morgan fingerprint density at radius 2 is 1.88 bits per heavy atom. The Hall–Kier alpha value is -1.01. The quantitative estimate of drug-likeness (QED) is 0.776. The minimum absolute atomic E-state index is 0. The molecule has 1 saturated heterocycles. The lowest BCUT2D eigenvalue weighted by molar-refractivity contribution is -0.0323. The molecule has 1 amide bonds. The number of anilines is 1. The summed E-state index contributed by atoms with van der Waals surface area (Å²) in [6.07, 6.45) is 4.75. The summed E-state index contributed by atoms with van der Waals surface area (Å²) in [5.41, 5.74) is 7.11. The minimum Gasteiger partial charge on any atom is -0.399 e. The Morgan fingerprint density at radius 1 is 1.24 bits per heavy atom. The van der Waals surface area contributed by atoms with Gasteiger partial charge in [0.15, 0.2) is 0 Å². The number of carbonyl (C=O) groups is 1. The van der Waals surface area contributed by atoms with Gasteiger partial charge in [-0.25, -0.2) is 0 Å². The van der Waals surface area contributed by atoms with Crippen LogP contribution in [-0.4, -0.2) is 48.7 Å². The van der Waals surface area contributed by atoms with Gasteiger partial charge in [0.05, 0.1) is 13.2 Å². The molecule has 3 N–H and O–H groups in total. The predicted molar refractivity (Wildman–Crippen MR) is 106 cm³/mol. The van der Waals surface area contributed by atoms with Gasteiger partial charge in [-0.2, -0.15) is 0 Å². The molecule has 2 fully saturated rings. The number of nitrogen functional groups attached to an aromatic ring is 1. The molecule has 3 rings (SSSR count). The topological polar surface area (TPSA) is 67.6 Å². The first-order valence-electron chi connectivity index (χ1n) is 8.61. The molecule has 0 bridgehead atoms. The van der Waals surface area contributed by atoms with Gasteiger partial charge in [0.1, 0.15) is 0 Å². The molecule has 1 aliphatic heterocycles. The van der Waals surface area contributed by atoms with Crippen molar-refractivity contribution in [3.63, 3.8) is 0 Å². The first-order chi connectivity index (χ1) is 11.1. The zero-order chi connectivity index (χ0) is 16.3. The van der Waals surface area contributed by atoms with E-state index in [4.69, 9.17) is 10.5 Å². The summed E-state index contributed by atoms with van der Waals surface area (Å²) in [6, 6.07) is 7.28. The first kappa shape index (κ1) is 22.0. The summed E-state index contributed by atoms with van der Waals surface area (Å²) >= 11 is 0. The largest absolute Gasteiger partial charge is 0.399 e. The molecule has 1 atom stereocenters. The molecule has 1 saturated carbocycles. The molecular formula is C18H29Cl2N3O2. The molecule has 1 heterocycles. The van der Waals surface area contributed by atoms with E-state index in [1.807, 2.05) is 12.1 Å². The van der Waals surface area contributed by atoms with Crippen LogP contribution in [0.3, 0.4) is 0 Å². The molecule has 1 aromatic carbocycles. The van der Waals surface area contributed by atoms with E-state index in [-0.39, 0.29) is 42.3 Å². The molecule has 1 aliphatic carbocycles. The van der Waals surface area contributed by atoms with Crippen molar-refractivity contribution in [3.8, 4) is 0 Å². The molecule has 0 radical (unpaired) electrons. The average molecular weight is 390 g/mol. The highest BCUT2D eigenvalue weighted by Crippen LogP contribution is 2.38. The van der Waals surface area contributed by atoms with E-state index in [0.29, 0.717) is 11.3 Å². The van der Waals surface area contributed by atoms with Gasteiger partial charge in [-0.3, -0.25) is 9.69 Å². The van der Waals surface area contributed by atoms with Gasteiger partial charge in [0.25, 0.3) is 5.91 Å². The van der Waals surface area contributed by atoms with Gasteiger partial charge in [0.2, 0.25) is 0 Å². The fourth-order valence-electron chi connectivity index (χ4n) is 4.11. The number of hydrogen-bond acceptors (Lipinski definition) is 4. The molecule has 1 unspecified atom stereocenters. The van der Waals surface area contributed by atoms with Crippen LogP contribution < -0.4 is 11.1 Å². The monoisotopic (exact) mass is 389 g/mol. The SMILES string of the molecule is CC(NC(=O)c1cccc(N)c1)C1(N2CCOCC2)CCCC1.Cl.Cl. The van der Waals surface area contributed by atoms with Crippen LogP contribution in [0.1, 0.15) is 43.0 Å². The van der Waals surface area contributed by atoms with Crippen LogP contribution in [0.5, 0.6) is 0 Å². The molecule has 25 heavy (non-hydrogen) atoms. The summed E-state index contributed by atoms with van der Waals surface area (Å²) in [4.78, 5) is 15.1. The Bertz CT molecular complexity index is 559. The Balaban J connectivity index is 0.00000156. The maximum atomic E-state index is 12.6. The Labute approximate surface area is 162 Å². The van der Waals surface area contributed by atoms with Gasteiger partial charge in [-0.15, -0.1) is 24.8 Å². The summed E-state index contributed by atoms with van der Waals surface area (Å²) < 4.78 is 5.50. The molecule has 142 valence electrons. The highest BCUT2D eigenvalue weighted by molar-refractivity contribution is 5.95. The summed E-state index contributed by atoms with van der Waals surface area (Å²) in [5, 5.41) is 3.23. The predicted octanol–water partition coefficient (Wildman–Crippen LogP) is 2.88. The third-order valence-electron chi connectivity index (χ3n) is 5.41. The number of nitrogens with two attached hydrogens (primary N) is 1. The number of carbonyl (C=O) groups excluding carboxylic acids is 1. The normalized spacial score (nSPS) is 20.8. The van der Waals surface area contributed by atoms with E-state index in [2.05, 4.69) is 17.1 Å². The smallest absolute Gasteiger partial charge is 0.251 e. The molecule has 1 aromatic rings. The fourth-order valence-corrected chi connectivity index (χ4v) is 4.11. The lowest BCUT2D eigenvalue weighted by atomic mass is 9.86. The number of halogens is 2. The van der Waals surface area contributed by atoms with Gasteiger partial charge >= 0.3 is 0 Å². The van der Waals surface area contributed by atoms with Gasteiger partial charge in [0, 0.05) is 35.9 Å². The maximum absolute atomic E-state index is 12.6. The van der Waals surface area contributed by atoms with Crippen LogP contribution in [0.25, 0.3) is 0 Å². The molecule has 5 nitrogen and oxygen atoms in total. The van der Waals surface area contributed by atoms with Gasteiger partial charge in [-0.05, 0) is 38.0 Å². The fraction of sp³-hybridized carbons (Fsp3) is 0.611. The number of nitrogens with one attached hydrogen (secondary N) is 1. The second kappa shape index (κ2) is 9.62.